The normalized spacial score (nSPS) is 13.2. The van der Waals surface area contributed by atoms with Gasteiger partial charge < -0.3 is 5.73 Å². The third-order valence-electron chi connectivity index (χ3n) is 2.39. The number of nitrogens with two attached hydrogens (primary N) is 1. The lowest BCUT2D eigenvalue weighted by molar-refractivity contribution is 0.729. The van der Waals surface area contributed by atoms with Gasteiger partial charge in [0.25, 0.3) is 0 Å². The first-order valence-electron chi connectivity index (χ1n) is 6.87. The summed E-state index contributed by atoms with van der Waals surface area (Å²) in [6, 6.07) is 0. The number of aliphatic imine (C=N–C) groups is 3. The van der Waals surface area contributed by atoms with Gasteiger partial charge in [0.05, 0.1) is 5.70 Å². The fourth-order valence-electron chi connectivity index (χ4n) is 1.29. The van der Waals surface area contributed by atoms with Gasteiger partial charge in [0.2, 0.25) is 0 Å². The average molecular weight is 329 g/mol. The zero-order valence-corrected chi connectivity index (χ0v) is 13.6. The van der Waals surface area contributed by atoms with Crippen LogP contribution in [0.5, 0.6) is 0 Å². The largest absolute Gasteiger partial charge is 0.396 e. The van der Waals surface area contributed by atoms with Crippen molar-refractivity contribution in [3.63, 3.8) is 0 Å². The van der Waals surface area contributed by atoms with Crippen molar-refractivity contribution in [2.45, 2.75) is 52.4 Å². The van der Waals surface area contributed by atoms with E-state index in [2.05, 4.69) is 51.3 Å². The van der Waals surface area contributed by atoms with Crippen LogP contribution in [-0.2, 0) is 0 Å². The SMILES string of the molecule is C=C(N)C(/N=C/CCCC)=N\C(Br)=N/CCCCC. The van der Waals surface area contributed by atoms with Crippen LogP contribution in [0.2, 0.25) is 0 Å². The Kier molecular flexibility index (Phi) is 11.5. The van der Waals surface area contributed by atoms with Crippen LogP contribution >= 0.6 is 15.9 Å². The highest BCUT2D eigenvalue weighted by atomic mass is 79.9. The Morgan fingerprint density at radius 3 is 2.47 bits per heavy atom. The number of hydrogen-bond donors (Lipinski definition) is 1. The lowest BCUT2D eigenvalue weighted by Gasteiger charge is -1.99. The first-order valence-corrected chi connectivity index (χ1v) is 7.67. The molecule has 0 atom stereocenters. The minimum Gasteiger partial charge on any atom is -0.396 e. The molecule has 0 fully saturated rings. The van der Waals surface area contributed by atoms with E-state index < -0.39 is 0 Å². The fraction of sp³-hybridized carbons (Fsp3) is 0.643. The number of hydrogen-bond acceptors (Lipinski definition) is 2. The molecule has 5 heteroatoms. The van der Waals surface area contributed by atoms with E-state index >= 15 is 0 Å². The van der Waals surface area contributed by atoms with Crippen molar-refractivity contribution in [2.24, 2.45) is 20.7 Å². The van der Waals surface area contributed by atoms with Crippen LogP contribution in [0.25, 0.3) is 0 Å². The molecule has 0 saturated carbocycles. The first-order chi connectivity index (χ1) is 9.11. The van der Waals surface area contributed by atoms with E-state index in [-0.39, 0.29) is 0 Å². The van der Waals surface area contributed by atoms with E-state index in [1.54, 1.807) is 0 Å². The maximum atomic E-state index is 5.66. The van der Waals surface area contributed by atoms with E-state index in [0.29, 0.717) is 16.3 Å². The Labute approximate surface area is 125 Å². The van der Waals surface area contributed by atoms with Crippen molar-refractivity contribution in [2.75, 3.05) is 6.54 Å². The zero-order valence-electron chi connectivity index (χ0n) is 12.0. The second-order valence-corrected chi connectivity index (χ2v) is 4.98. The highest BCUT2D eigenvalue weighted by molar-refractivity contribution is 9.18. The molecule has 4 nitrogen and oxygen atoms in total. The predicted molar refractivity (Wildman–Crippen MR) is 89.5 cm³/mol. The quantitative estimate of drug-likeness (QED) is 0.310. The zero-order chi connectivity index (χ0) is 14.5. The lowest BCUT2D eigenvalue weighted by atomic mass is 10.2. The predicted octanol–water partition coefficient (Wildman–Crippen LogP) is 4.06. The molecule has 0 aliphatic rings. The number of rotatable bonds is 8. The third-order valence-corrected chi connectivity index (χ3v) is 2.82. The molecule has 108 valence electrons. The van der Waals surface area contributed by atoms with E-state index in [0.717, 1.165) is 32.2 Å². The minimum atomic E-state index is 0.355. The Morgan fingerprint density at radius 1 is 1.21 bits per heavy atom. The fourth-order valence-corrected chi connectivity index (χ4v) is 1.63. The second kappa shape index (κ2) is 12.1. The number of nitrogens with zero attached hydrogens (tertiary/aromatic N) is 3. The molecule has 0 aliphatic heterocycles. The summed E-state index contributed by atoms with van der Waals surface area (Å²) in [6.45, 7) is 8.75. The molecule has 2 N–H and O–H groups in total. The van der Waals surface area contributed by atoms with Crippen LogP contribution in [0.1, 0.15) is 52.4 Å². The third kappa shape index (κ3) is 10.6. The van der Waals surface area contributed by atoms with E-state index in [4.69, 9.17) is 5.73 Å². The molecule has 0 unspecified atom stereocenters. The second-order valence-electron chi connectivity index (χ2n) is 4.27. The maximum absolute atomic E-state index is 5.66. The summed E-state index contributed by atoms with van der Waals surface area (Å²) in [7, 11) is 0. The summed E-state index contributed by atoms with van der Waals surface area (Å²) in [5.74, 6) is 0.433. The van der Waals surface area contributed by atoms with Gasteiger partial charge in [0.15, 0.2) is 10.6 Å². The Bertz CT molecular complexity index is 345. The van der Waals surface area contributed by atoms with Crippen molar-refractivity contribution in [1.29, 1.82) is 0 Å². The highest BCUT2D eigenvalue weighted by Crippen LogP contribution is 2.01. The number of unbranched alkanes of at least 4 members (excludes halogenated alkanes) is 4. The number of halogens is 1. The van der Waals surface area contributed by atoms with Crippen molar-refractivity contribution in [1.82, 2.24) is 0 Å². The van der Waals surface area contributed by atoms with Gasteiger partial charge >= 0.3 is 0 Å². The Balaban J connectivity index is 4.46. The summed E-state index contributed by atoms with van der Waals surface area (Å²) < 4.78 is 0.526. The molecule has 0 aromatic carbocycles. The van der Waals surface area contributed by atoms with Gasteiger partial charge in [-0.05, 0) is 35.2 Å². The van der Waals surface area contributed by atoms with Crippen molar-refractivity contribution < 1.29 is 0 Å². The van der Waals surface area contributed by atoms with Crippen molar-refractivity contribution in [3.05, 3.63) is 12.3 Å². The van der Waals surface area contributed by atoms with Gasteiger partial charge in [-0.15, -0.1) is 0 Å². The molecule has 0 bridgehead atoms. The molecule has 0 radical (unpaired) electrons. The van der Waals surface area contributed by atoms with Crippen LogP contribution in [0.4, 0.5) is 0 Å². The smallest absolute Gasteiger partial charge is 0.194 e. The topological polar surface area (TPSA) is 63.1 Å². The van der Waals surface area contributed by atoms with E-state index in [9.17, 15) is 0 Å². The van der Waals surface area contributed by atoms with Crippen LogP contribution in [0, 0.1) is 0 Å². The molecule has 0 saturated heterocycles. The van der Waals surface area contributed by atoms with E-state index in [1.807, 2.05) is 6.21 Å². The molecule has 0 heterocycles. The summed E-state index contributed by atoms with van der Waals surface area (Å²) in [6.07, 6.45) is 8.44. The summed E-state index contributed by atoms with van der Waals surface area (Å²) in [4.78, 5) is 12.8. The highest BCUT2D eigenvalue weighted by Gasteiger charge is 1.99. The molecule has 0 aromatic heterocycles. The summed E-state index contributed by atoms with van der Waals surface area (Å²) >= 11 is 3.31. The van der Waals surface area contributed by atoms with Crippen LogP contribution < -0.4 is 5.73 Å². The molecule has 19 heavy (non-hydrogen) atoms. The van der Waals surface area contributed by atoms with Crippen molar-refractivity contribution >= 4 is 32.7 Å². The molecular formula is C14H25BrN4. The Hall–Kier alpha value is -0.970. The van der Waals surface area contributed by atoms with Gasteiger partial charge in [-0.25, -0.2) is 9.98 Å². The van der Waals surface area contributed by atoms with Crippen molar-refractivity contribution in [3.8, 4) is 0 Å². The van der Waals surface area contributed by atoms with Gasteiger partial charge in [0.1, 0.15) is 0 Å². The molecule has 0 rings (SSSR count). The molecule has 0 spiro atoms. The van der Waals surface area contributed by atoms with Crippen LogP contribution in [-0.4, -0.2) is 23.3 Å². The van der Waals surface area contributed by atoms with E-state index in [1.165, 1.54) is 12.8 Å². The molecular weight excluding hydrogens is 304 g/mol. The maximum Gasteiger partial charge on any atom is 0.194 e. The minimum absolute atomic E-state index is 0.355. The van der Waals surface area contributed by atoms with Crippen LogP contribution in [0.15, 0.2) is 27.3 Å². The van der Waals surface area contributed by atoms with Gasteiger partial charge in [-0.1, -0.05) is 39.7 Å². The summed E-state index contributed by atoms with van der Waals surface area (Å²) in [5.41, 5.74) is 6.02. The average Bonchev–Trinajstić information content (AvgIpc) is 2.38. The lowest BCUT2D eigenvalue weighted by Crippen LogP contribution is -2.09. The number of amidine groups is 2. The summed E-state index contributed by atoms with van der Waals surface area (Å²) in [5, 5.41) is 0. The van der Waals surface area contributed by atoms with Gasteiger partial charge in [-0.3, -0.25) is 4.99 Å². The van der Waals surface area contributed by atoms with Crippen LogP contribution in [0.3, 0.4) is 0 Å². The Morgan fingerprint density at radius 2 is 1.89 bits per heavy atom. The standard InChI is InChI=1S/C14H25BrN4/c1-4-6-8-10-17-13(12(3)16)19-14(15)18-11-9-7-5-2/h10H,3-9,11,16H2,1-2H3/b17-10+,18-14-,19-13+. The molecule has 0 amide bonds. The first kappa shape index (κ1) is 18.0. The molecule has 0 aliphatic carbocycles. The molecule has 0 aromatic rings. The monoisotopic (exact) mass is 328 g/mol. The van der Waals surface area contributed by atoms with Gasteiger partial charge in [0, 0.05) is 12.8 Å². The van der Waals surface area contributed by atoms with Gasteiger partial charge in [-0.2, -0.15) is 0 Å².